The minimum absolute atomic E-state index is 0.00996. The summed E-state index contributed by atoms with van der Waals surface area (Å²) in [6.45, 7) is 8.68. The summed E-state index contributed by atoms with van der Waals surface area (Å²) in [6, 6.07) is 7.85. The van der Waals surface area contributed by atoms with Crippen LogP contribution in [0, 0.1) is 11.6 Å². The van der Waals surface area contributed by atoms with Crippen LogP contribution >= 0.6 is 11.3 Å². The van der Waals surface area contributed by atoms with Crippen molar-refractivity contribution in [2.45, 2.75) is 38.0 Å². The number of amides is 1. The van der Waals surface area contributed by atoms with E-state index in [0.717, 1.165) is 37.0 Å². The normalized spacial score (nSPS) is 14.8. The number of hydrogen-bond acceptors (Lipinski definition) is 7. The highest BCUT2D eigenvalue weighted by Gasteiger charge is 2.26. The molecule has 212 valence electrons. The van der Waals surface area contributed by atoms with Crippen LogP contribution in [0.4, 0.5) is 13.9 Å². The molecule has 1 aromatic heterocycles. The SMILES string of the molecule is CCCN(CCC)S(=O)(=O)c1ccc(C(=O)N(CCCN2CCOCC2)c2nc3c(F)cc(F)cc3s2)cc1. The summed E-state index contributed by atoms with van der Waals surface area (Å²) in [5, 5.41) is 0.259. The first-order valence-electron chi connectivity index (χ1n) is 13.2. The van der Waals surface area contributed by atoms with Crippen LogP contribution in [0.3, 0.4) is 0 Å². The lowest BCUT2D eigenvalue weighted by Crippen LogP contribution is -2.39. The smallest absolute Gasteiger partial charge is 0.260 e. The van der Waals surface area contributed by atoms with Gasteiger partial charge in [-0.3, -0.25) is 14.6 Å². The van der Waals surface area contributed by atoms with E-state index < -0.39 is 21.7 Å². The predicted octanol–water partition coefficient (Wildman–Crippen LogP) is 4.75. The number of halogens is 2. The highest BCUT2D eigenvalue weighted by molar-refractivity contribution is 7.89. The van der Waals surface area contributed by atoms with Crippen LogP contribution in [0.2, 0.25) is 0 Å². The number of aromatic nitrogens is 1. The van der Waals surface area contributed by atoms with Gasteiger partial charge in [0.1, 0.15) is 11.3 Å². The molecule has 0 spiro atoms. The van der Waals surface area contributed by atoms with Crippen LogP contribution in [-0.2, 0) is 14.8 Å². The molecule has 1 aliphatic rings. The predicted molar refractivity (Wildman–Crippen MR) is 149 cm³/mol. The number of thiazole rings is 1. The van der Waals surface area contributed by atoms with Gasteiger partial charge in [0.2, 0.25) is 10.0 Å². The fourth-order valence-corrected chi connectivity index (χ4v) is 7.20. The monoisotopic (exact) mass is 580 g/mol. The molecule has 1 aliphatic heterocycles. The number of anilines is 1. The molecule has 1 saturated heterocycles. The van der Waals surface area contributed by atoms with Crippen LogP contribution < -0.4 is 4.90 Å². The van der Waals surface area contributed by atoms with E-state index in [-0.39, 0.29) is 27.0 Å². The third-order valence-corrected chi connectivity index (χ3v) is 9.46. The summed E-state index contributed by atoms with van der Waals surface area (Å²) in [4.78, 5) is 21.9. The standard InChI is InChI=1S/C27H34F2N4O4S2/c1-3-10-32(11-4-2)39(35,36)22-8-6-20(7-9-22)26(34)33(13-5-12-31-14-16-37-17-15-31)27-30-25-23(29)18-21(28)19-24(25)38-27/h6-9,18-19H,3-5,10-17H2,1-2H3. The molecule has 3 aromatic rings. The second kappa shape index (κ2) is 13.2. The first-order chi connectivity index (χ1) is 18.7. The van der Waals surface area contributed by atoms with Gasteiger partial charge in [-0.2, -0.15) is 4.31 Å². The number of sulfonamides is 1. The molecule has 0 bridgehead atoms. The molecule has 1 fully saturated rings. The van der Waals surface area contributed by atoms with Crippen LogP contribution in [0.25, 0.3) is 10.2 Å². The Morgan fingerprint density at radius 3 is 2.36 bits per heavy atom. The molecule has 0 saturated carbocycles. The molecule has 0 radical (unpaired) electrons. The number of benzene rings is 2. The summed E-state index contributed by atoms with van der Waals surface area (Å²) in [6.07, 6.45) is 2.03. The van der Waals surface area contributed by atoms with Crippen molar-refractivity contribution in [1.29, 1.82) is 0 Å². The average Bonchev–Trinajstić information content (AvgIpc) is 3.35. The van der Waals surface area contributed by atoms with Gasteiger partial charge in [-0.1, -0.05) is 25.2 Å². The highest BCUT2D eigenvalue weighted by Crippen LogP contribution is 2.32. The van der Waals surface area contributed by atoms with Crippen molar-refractivity contribution < 1.29 is 26.7 Å². The van der Waals surface area contributed by atoms with Gasteiger partial charge in [-0.05, 0) is 49.6 Å². The number of carbonyl (C=O) groups is 1. The Morgan fingerprint density at radius 1 is 1.05 bits per heavy atom. The second-order valence-electron chi connectivity index (χ2n) is 9.42. The first-order valence-corrected chi connectivity index (χ1v) is 15.5. The molecule has 2 heterocycles. The first kappa shape index (κ1) is 29.5. The van der Waals surface area contributed by atoms with Gasteiger partial charge >= 0.3 is 0 Å². The van der Waals surface area contributed by atoms with Crippen molar-refractivity contribution in [2.75, 3.05) is 57.4 Å². The van der Waals surface area contributed by atoms with E-state index in [0.29, 0.717) is 56.8 Å². The fraction of sp³-hybridized carbons (Fsp3) is 0.481. The summed E-state index contributed by atoms with van der Waals surface area (Å²) in [5.41, 5.74) is 0.291. The molecule has 0 unspecified atom stereocenters. The van der Waals surface area contributed by atoms with Gasteiger partial charge in [0.15, 0.2) is 10.9 Å². The summed E-state index contributed by atoms with van der Waals surface area (Å²) in [7, 11) is -3.69. The Hall–Kier alpha value is -2.51. The van der Waals surface area contributed by atoms with E-state index in [4.69, 9.17) is 4.74 Å². The van der Waals surface area contributed by atoms with E-state index >= 15 is 0 Å². The van der Waals surface area contributed by atoms with Crippen LogP contribution in [0.1, 0.15) is 43.5 Å². The maximum absolute atomic E-state index is 14.4. The number of morpholine rings is 1. The van der Waals surface area contributed by atoms with Crippen molar-refractivity contribution in [3.05, 3.63) is 53.6 Å². The van der Waals surface area contributed by atoms with E-state index in [1.165, 1.54) is 39.5 Å². The van der Waals surface area contributed by atoms with Gasteiger partial charge in [0.25, 0.3) is 5.91 Å². The zero-order valence-electron chi connectivity index (χ0n) is 22.2. The molecule has 2 aromatic carbocycles. The van der Waals surface area contributed by atoms with Crippen molar-refractivity contribution in [1.82, 2.24) is 14.2 Å². The Bertz CT molecular complexity index is 1370. The lowest BCUT2D eigenvalue weighted by molar-refractivity contribution is 0.0376. The zero-order chi connectivity index (χ0) is 28.0. The molecular weight excluding hydrogens is 546 g/mol. The molecular formula is C27H34F2N4O4S2. The minimum atomic E-state index is -3.69. The maximum atomic E-state index is 14.4. The van der Waals surface area contributed by atoms with Crippen molar-refractivity contribution in [3.63, 3.8) is 0 Å². The number of rotatable bonds is 12. The van der Waals surface area contributed by atoms with Crippen molar-refractivity contribution >= 4 is 42.6 Å². The summed E-state index contributed by atoms with van der Waals surface area (Å²) >= 11 is 1.04. The van der Waals surface area contributed by atoms with Crippen LogP contribution in [-0.4, -0.2) is 81.0 Å². The van der Waals surface area contributed by atoms with Gasteiger partial charge in [-0.15, -0.1) is 0 Å². The maximum Gasteiger partial charge on any atom is 0.260 e. The molecule has 39 heavy (non-hydrogen) atoms. The lowest BCUT2D eigenvalue weighted by Gasteiger charge is -2.27. The molecule has 4 rings (SSSR count). The van der Waals surface area contributed by atoms with Crippen LogP contribution in [0.5, 0.6) is 0 Å². The zero-order valence-corrected chi connectivity index (χ0v) is 23.9. The lowest BCUT2D eigenvalue weighted by atomic mass is 10.2. The third kappa shape index (κ3) is 6.98. The number of ether oxygens (including phenoxy) is 1. The van der Waals surface area contributed by atoms with Gasteiger partial charge in [0.05, 0.1) is 22.8 Å². The Balaban J connectivity index is 1.60. The Labute approximate surface area is 232 Å². The van der Waals surface area contributed by atoms with E-state index in [1.807, 2.05) is 13.8 Å². The van der Waals surface area contributed by atoms with Crippen molar-refractivity contribution in [2.24, 2.45) is 0 Å². The van der Waals surface area contributed by atoms with Gasteiger partial charge < -0.3 is 4.74 Å². The van der Waals surface area contributed by atoms with E-state index in [2.05, 4.69) is 9.88 Å². The molecule has 1 amide bonds. The Kier molecular flexibility index (Phi) is 10.00. The molecule has 0 atom stereocenters. The summed E-state index contributed by atoms with van der Waals surface area (Å²) in [5.74, 6) is -1.89. The molecule has 8 nitrogen and oxygen atoms in total. The number of hydrogen-bond donors (Lipinski definition) is 0. The van der Waals surface area contributed by atoms with E-state index in [9.17, 15) is 22.0 Å². The van der Waals surface area contributed by atoms with Gasteiger partial charge in [-0.25, -0.2) is 22.2 Å². The number of fused-ring (bicyclic) bond motifs is 1. The molecule has 0 aliphatic carbocycles. The number of nitrogens with zero attached hydrogens (tertiary/aromatic N) is 4. The largest absolute Gasteiger partial charge is 0.379 e. The Morgan fingerprint density at radius 2 is 1.72 bits per heavy atom. The third-order valence-electron chi connectivity index (χ3n) is 6.52. The van der Waals surface area contributed by atoms with Crippen molar-refractivity contribution in [3.8, 4) is 0 Å². The van der Waals surface area contributed by atoms with Gasteiger partial charge in [0, 0.05) is 50.9 Å². The quantitative estimate of drug-likeness (QED) is 0.308. The van der Waals surface area contributed by atoms with Crippen LogP contribution in [0.15, 0.2) is 41.3 Å². The molecule has 0 N–H and O–H groups in total. The summed E-state index contributed by atoms with van der Waals surface area (Å²) < 4.78 is 61.7. The molecule has 12 heteroatoms. The average molecular weight is 581 g/mol. The minimum Gasteiger partial charge on any atom is -0.379 e. The second-order valence-corrected chi connectivity index (χ2v) is 12.4. The highest BCUT2D eigenvalue weighted by atomic mass is 32.2. The topological polar surface area (TPSA) is 83.1 Å². The fourth-order valence-electron chi connectivity index (χ4n) is 4.55. The van der Waals surface area contributed by atoms with E-state index in [1.54, 1.807) is 0 Å². The number of carbonyl (C=O) groups excluding carboxylic acids is 1.